The number of nitrogens with one attached hydrogen (secondary N) is 2. The van der Waals surface area contributed by atoms with Crippen molar-refractivity contribution in [1.29, 1.82) is 0 Å². The number of rotatable bonds is 9. The topological polar surface area (TPSA) is 85.6 Å². The fourth-order valence-electron chi connectivity index (χ4n) is 2.24. The molecule has 0 saturated heterocycles. The number of halogens is 1. The normalized spacial score (nSPS) is 11.0. The molecule has 0 saturated carbocycles. The number of methoxy groups -OCH3 is 1. The van der Waals surface area contributed by atoms with Gasteiger partial charge in [0.25, 0.3) is 0 Å². The summed E-state index contributed by atoms with van der Waals surface area (Å²) in [5, 5.41) is 14.7. The molecule has 0 aliphatic heterocycles. The standard InChI is InChI=1S/C18H28N6O2.HI/c1-5-19-18(20-13-17-23-22-14(2)24(17)3)21-15-8-6-9-16(12-15)26-11-7-10-25-4;/h6,8-9,12H,5,7,10-11,13H2,1-4H3,(H2,19,20,21);1H. The summed E-state index contributed by atoms with van der Waals surface area (Å²) in [6.45, 7) is 6.46. The van der Waals surface area contributed by atoms with E-state index in [-0.39, 0.29) is 24.0 Å². The van der Waals surface area contributed by atoms with Gasteiger partial charge in [0.1, 0.15) is 18.1 Å². The van der Waals surface area contributed by atoms with Gasteiger partial charge in [0, 0.05) is 45.5 Å². The predicted molar refractivity (Wildman–Crippen MR) is 118 cm³/mol. The van der Waals surface area contributed by atoms with Crippen LogP contribution in [-0.4, -0.2) is 47.6 Å². The maximum Gasteiger partial charge on any atom is 0.196 e. The van der Waals surface area contributed by atoms with E-state index in [0.29, 0.717) is 25.7 Å². The van der Waals surface area contributed by atoms with Crippen molar-refractivity contribution in [3.8, 4) is 5.75 Å². The second kappa shape index (κ2) is 12.5. The summed E-state index contributed by atoms with van der Waals surface area (Å²) in [6, 6.07) is 7.81. The Kier molecular flexibility index (Phi) is 10.7. The van der Waals surface area contributed by atoms with Gasteiger partial charge in [-0.25, -0.2) is 4.99 Å². The highest BCUT2D eigenvalue weighted by Crippen LogP contribution is 2.17. The third kappa shape index (κ3) is 7.71. The molecule has 1 aromatic carbocycles. The minimum atomic E-state index is 0. The molecule has 0 spiro atoms. The summed E-state index contributed by atoms with van der Waals surface area (Å²) in [4.78, 5) is 4.58. The zero-order chi connectivity index (χ0) is 18.8. The van der Waals surface area contributed by atoms with E-state index in [1.165, 1.54) is 0 Å². The summed E-state index contributed by atoms with van der Waals surface area (Å²) >= 11 is 0. The average Bonchev–Trinajstić information content (AvgIpc) is 2.96. The Morgan fingerprint density at radius 1 is 1.26 bits per heavy atom. The van der Waals surface area contributed by atoms with Gasteiger partial charge in [-0.15, -0.1) is 34.2 Å². The molecule has 0 unspecified atom stereocenters. The fourth-order valence-corrected chi connectivity index (χ4v) is 2.24. The van der Waals surface area contributed by atoms with E-state index in [4.69, 9.17) is 9.47 Å². The van der Waals surface area contributed by atoms with Crippen molar-refractivity contribution in [3.05, 3.63) is 35.9 Å². The lowest BCUT2D eigenvalue weighted by atomic mass is 10.3. The maximum atomic E-state index is 5.74. The second-order valence-electron chi connectivity index (χ2n) is 5.77. The Bertz CT molecular complexity index is 720. The van der Waals surface area contributed by atoms with E-state index in [0.717, 1.165) is 36.1 Å². The molecule has 2 aromatic rings. The molecule has 0 fully saturated rings. The lowest BCUT2D eigenvalue weighted by Gasteiger charge is -2.13. The number of aromatic nitrogens is 3. The van der Waals surface area contributed by atoms with Gasteiger partial charge in [-0.3, -0.25) is 0 Å². The molecule has 1 aromatic heterocycles. The molecule has 0 amide bonds. The summed E-state index contributed by atoms with van der Waals surface area (Å²) < 4.78 is 12.7. The van der Waals surface area contributed by atoms with Crippen LogP contribution in [0.15, 0.2) is 29.3 Å². The van der Waals surface area contributed by atoms with Gasteiger partial charge >= 0.3 is 0 Å². The van der Waals surface area contributed by atoms with Crippen molar-refractivity contribution in [2.45, 2.75) is 26.8 Å². The lowest BCUT2D eigenvalue weighted by Crippen LogP contribution is -2.30. The molecule has 0 atom stereocenters. The van der Waals surface area contributed by atoms with Crippen molar-refractivity contribution in [3.63, 3.8) is 0 Å². The van der Waals surface area contributed by atoms with Crippen LogP contribution in [-0.2, 0) is 18.3 Å². The van der Waals surface area contributed by atoms with Crippen molar-refractivity contribution in [2.75, 3.05) is 32.2 Å². The molecule has 0 aliphatic carbocycles. The van der Waals surface area contributed by atoms with Crippen LogP contribution < -0.4 is 15.4 Å². The van der Waals surface area contributed by atoms with Gasteiger partial charge in [0.05, 0.1) is 6.61 Å². The first-order valence-corrected chi connectivity index (χ1v) is 8.76. The van der Waals surface area contributed by atoms with Crippen LogP contribution in [0.3, 0.4) is 0 Å². The third-order valence-electron chi connectivity index (χ3n) is 3.76. The average molecular weight is 488 g/mol. The molecule has 1 heterocycles. The number of anilines is 1. The summed E-state index contributed by atoms with van der Waals surface area (Å²) in [7, 11) is 3.62. The third-order valence-corrected chi connectivity index (χ3v) is 3.76. The number of aryl methyl sites for hydroxylation is 1. The molecule has 0 bridgehead atoms. The van der Waals surface area contributed by atoms with Gasteiger partial charge in [0.15, 0.2) is 11.8 Å². The number of guanidine groups is 1. The van der Waals surface area contributed by atoms with E-state index in [1.807, 2.05) is 49.7 Å². The van der Waals surface area contributed by atoms with E-state index in [1.54, 1.807) is 7.11 Å². The van der Waals surface area contributed by atoms with E-state index >= 15 is 0 Å². The molecule has 27 heavy (non-hydrogen) atoms. The minimum Gasteiger partial charge on any atom is -0.493 e. The van der Waals surface area contributed by atoms with Crippen LogP contribution in [0.4, 0.5) is 5.69 Å². The lowest BCUT2D eigenvalue weighted by molar-refractivity contribution is 0.172. The molecule has 150 valence electrons. The Morgan fingerprint density at radius 2 is 2.07 bits per heavy atom. The number of benzene rings is 1. The Labute approximate surface area is 177 Å². The SMILES string of the molecule is CCNC(=NCc1nnc(C)n1C)Nc1cccc(OCCCOC)c1.I. The molecule has 9 heteroatoms. The van der Waals surface area contributed by atoms with Crippen molar-refractivity contribution in [1.82, 2.24) is 20.1 Å². The Balaban J connectivity index is 0.00000364. The number of hydrogen-bond acceptors (Lipinski definition) is 5. The Hall–Kier alpha value is -1.88. The van der Waals surface area contributed by atoms with Crippen LogP contribution in [0.5, 0.6) is 5.75 Å². The van der Waals surface area contributed by atoms with Gasteiger partial charge in [-0.2, -0.15) is 0 Å². The maximum absolute atomic E-state index is 5.74. The van der Waals surface area contributed by atoms with Crippen LogP contribution in [0.2, 0.25) is 0 Å². The highest BCUT2D eigenvalue weighted by molar-refractivity contribution is 14.0. The number of hydrogen-bond donors (Lipinski definition) is 2. The molecule has 8 nitrogen and oxygen atoms in total. The number of nitrogens with zero attached hydrogens (tertiary/aromatic N) is 4. The van der Waals surface area contributed by atoms with Crippen molar-refractivity contribution >= 4 is 35.6 Å². The first kappa shape index (κ1) is 23.2. The quantitative estimate of drug-likeness (QED) is 0.245. The molecular weight excluding hydrogens is 459 g/mol. The van der Waals surface area contributed by atoms with Crippen LogP contribution in [0, 0.1) is 6.92 Å². The molecule has 2 N–H and O–H groups in total. The van der Waals surface area contributed by atoms with Gasteiger partial charge < -0.3 is 24.7 Å². The van der Waals surface area contributed by atoms with Crippen LogP contribution >= 0.6 is 24.0 Å². The first-order valence-electron chi connectivity index (χ1n) is 8.76. The van der Waals surface area contributed by atoms with Crippen molar-refractivity contribution in [2.24, 2.45) is 12.0 Å². The van der Waals surface area contributed by atoms with Crippen LogP contribution in [0.1, 0.15) is 25.0 Å². The van der Waals surface area contributed by atoms with E-state index in [9.17, 15) is 0 Å². The smallest absolute Gasteiger partial charge is 0.196 e. The molecule has 0 radical (unpaired) electrons. The minimum absolute atomic E-state index is 0. The first-order chi connectivity index (χ1) is 12.6. The highest BCUT2D eigenvalue weighted by Gasteiger charge is 2.06. The molecule has 0 aliphatic rings. The number of aliphatic imine (C=N–C) groups is 1. The van der Waals surface area contributed by atoms with Gasteiger partial charge in [-0.05, 0) is 26.0 Å². The van der Waals surface area contributed by atoms with Crippen molar-refractivity contribution < 1.29 is 9.47 Å². The monoisotopic (exact) mass is 488 g/mol. The second-order valence-corrected chi connectivity index (χ2v) is 5.77. The summed E-state index contributed by atoms with van der Waals surface area (Å²) in [5.41, 5.74) is 0.906. The van der Waals surface area contributed by atoms with Gasteiger partial charge in [0.2, 0.25) is 0 Å². The zero-order valence-corrected chi connectivity index (χ0v) is 18.7. The fraction of sp³-hybridized carbons (Fsp3) is 0.500. The Morgan fingerprint density at radius 3 is 2.74 bits per heavy atom. The number of ether oxygens (including phenoxy) is 2. The predicted octanol–water partition coefficient (Wildman–Crippen LogP) is 2.73. The van der Waals surface area contributed by atoms with Gasteiger partial charge in [-0.1, -0.05) is 6.07 Å². The van der Waals surface area contributed by atoms with Crippen LogP contribution in [0.25, 0.3) is 0 Å². The highest BCUT2D eigenvalue weighted by atomic mass is 127. The molecule has 2 rings (SSSR count). The summed E-state index contributed by atoms with van der Waals surface area (Å²) in [6.07, 6.45) is 0.857. The molecular formula is C18H29IN6O2. The van der Waals surface area contributed by atoms with E-state index in [2.05, 4.69) is 25.8 Å². The van der Waals surface area contributed by atoms with E-state index < -0.39 is 0 Å². The summed E-state index contributed by atoms with van der Waals surface area (Å²) in [5.74, 6) is 3.18. The largest absolute Gasteiger partial charge is 0.493 e. The zero-order valence-electron chi connectivity index (χ0n) is 16.4.